The minimum Gasteiger partial charge on any atom is -0.449 e. The highest BCUT2D eigenvalue weighted by atomic mass is 16.2. The summed E-state index contributed by atoms with van der Waals surface area (Å²) in [6.45, 7) is 0. The lowest BCUT2D eigenvalue weighted by atomic mass is 9.88. The zero-order valence-electron chi connectivity index (χ0n) is 7.82. The van der Waals surface area contributed by atoms with Crippen LogP contribution in [0, 0.1) is 0 Å². The lowest BCUT2D eigenvalue weighted by Gasteiger charge is -2.09. The number of hydrogen-bond acceptors (Lipinski definition) is 2. The first-order valence-electron chi connectivity index (χ1n) is 4.06. The van der Waals surface area contributed by atoms with Crippen molar-refractivity contribution in [3.63, 3.8) is 0 Å². The molecule has 0 fully saturated rings. The van der Waals surface area contributed by atoms with Gasteiger partial charge in [-0.05, 0) is 12.1 Å². The summed E-state index contributed by atoms with van der Waals surface area (Å²) in [6, 6.07) is 6.93. The SMILES string of the molecule is CN(C)C(=O)c1ccc(BO)cc1. The maximum absolute atomic E-state index is 11.4. The summed E-state index contributed by atoms with van der Waals surface area (Å²) >= 11 is 0. The van der Waals surface area contributed by atoms with Crippen molar-refractivity contribution >= 4 is 18.9 Å². The van der Waals surface area contributed by atoms with Crippen LogP contribution >= 0.6 is 0 Å². The van der Waals surface area contributed by atoms with Gasteiger partial charge in [0, 0.05) is 19.7 Å². The van der Waals surface area contributed by atoms with Gasteiger partial charge in [0.05, 0.1) is 0 Å². The van der Waals surface area contributed by atoms with Gasteiger partial charge in [0.25, 0.3) is 5.91 Å². The Morgan fingerprint density at radius 1 is 1.31 bits per heavy atom. The average molecular weight is 177 g/mol. The molecule has 0 aliphatic carbocycles. The molecule has 0 heterocycles. The van der Waals surface area contributed by atoms with E-state index in [1.165, 1.54) is 4.90 Å². The van der Waals surface area contributed by atoms with Crippen LogP contribution in [0.25, 0.3) is 0 Å². The summed E-state index contributed by atoms with van der Waals surface area (Å²) < 4.78 is 0. The third-order valence-corrected chi connectivity index (χ3v) is 1.79. The Morgan fingerprint density at radius 3 is 2.23 bits per heavy atom. The van der Waals surface area contributed by atoms with Crippen LogP contribution in [0.1, 0.15) is 10.4 Å². The van der Waals surface area contributed by atoms with Gasteiger partial charge in [0.15, 0.2) is 0 Å². The van der Waals surface area contributed by atoms with E-state index in [2.05, 4.69) is 0 Å². The molecule has 0 aromatic heterocycles. The number of benzene rings is 1. The predicted molar refractivity (Wildman–Crippen MR) is 53.5 cm³/mol. The molecule has 1 amide bonds. The molecule has 0 unspecified atom stereocenters. The fourth-order valence-electron chi connectivity index (χ4n) is 1.01. The second kappa shape index (κ2) is 4.09. The molecular formula is C9H12BNO2. The van der Waals surface area contributed by atoms with Gasteiger partial charge in [0.2, 0.25) is 0 Å². The Morgan fingerprint density at radius 2 is 1.85 bits per heavy atom. The van der Waals surface area contributed by atoms with Gasteiger partial charge in [-0.3, -0.25) is 4.79 Å². The lowest BCUT2D eigenvalue weighted by Crippen LogP contribution is -2.22. The van der Waals surface area contributed by atoms with Crippen molar-refractivity contribution in [3.05, 3.63) is 29.8 Å². The molecule has 13 heavy (non-hydrogen) atoms. The zero-order valence-corrected chi connectivity index (χ0v) is 7.82. The maximum Gasteiger partial charge on any atom is 0.304 e. The van der Waals surface area contributed by atoms with Crippen LogP contribution in [-0.4, -0.2) is 37.4 Å². The van der Waals surface area contributed by atoms with Gasteiger partial charge in [-0.1, -0.05) is 17.6 Å². The quantitative estimate of drug-likeness (QED) is 0.610. The Kier molecular flexibility index (Phi) is 3.09. The molecule has 68 valence electrons. The third kappa shape index (κ3) is 2.32. The lowest BCUT2D eigenvalue weighted by molar-refractivity contribution is 0.0827. The second-order valence-electron chi connectivity index (χ2n) is 3.05. The molecule has 1 N–H and O–H groups in total. The monoisotopic (exact) mass is 177 g/mol. The van der Waals surface area contributed by atoms with Gasteiger partial charge < -0.3 is 9.92 Å². The molecule has 3 nitrogen and oxygen atoms in total. The van der Waals surface area contributed by atoms with Crippen molar-refractivity contribution < 1.29 is 9.82 Å². The van der Waals surface area contributed by atoms with E-state index in [9.17, 15) is 4.79 Å². The Balaban J connectivity index is 2.86. The van der Waals surface area contributed by atoms with Crippen LogP contribution in [0.2, 0.25) is 0 Å². The van der Waals surface area contributed by atoms with E-state index in [1.54, 1.807) is 38.4 Å². The molecule has 0 saturated carbocycles. The number of hydrogen-bond donors (Lipinski definition) is 1. The molecular weight excluding hydrogens is 165 g/mol. The standard InChI is InChI=1S/C9H12BNO2/c1-11(2)9(12)7-3-5-8(10-13)6-4-7/h3-6,10,13H,1-2H3. The van der Waals surface area contributed by atoms with E-state index >= 15 is 0 Å². The van der Waals surface area contributed by atoms with E-state index in [-0.39, 0.29) is 13.4 Å². The van der Waals surface area contributed by atoms with Gasteiger partial charge in [-0.2, -0.15) is 0 Å². The van der Waals surface area contributed by atoms with Crippen LogP contribution < -0.4 is 5.46 Å². The van der Waals surface area contributed by atoms with Crippen LogP contribution in [0.15, 0.2) is 24.3 Å². The second-order valence-corrected chi connectivity index (χ2v) is 3.05. The first-order chi connectivity index (χ1) is 6.15. The molecule has 0 bridgehead atoms. The fourth-order valence-corrected chi connectivity index (χ4v) is 1.01. The molecule has 0 radical (unpaired) electrons. The minimum atomic E-state index is -0.0236. The first kappa shape index (κ1) is 9.80. The van der Waals surface area contributed by atoms with Crippen molar-refractivity contribution in [2.45, 2.75) is 0 Å². The number of rotatable bonds is 2. The van der Waals surface area contributed by atoms with Gasteiger partial charge in [-0.15, -0.1) is 0 Å². The van der Waals surface area contributed by atoms with E-state index in [4.69, 9.17) is 5.02 Å². The first-order valence-corrected chi connectivity index (χ1v) is 4.06. The molecule has 1 aromatic rings. The smallest absolute Gasteiger partial charge is 0.304 e. The molecule has 0 aliphatic rings. The Bertz CT molecular complexity index is 295. The Hall–Kier alpha value is -1.29. The maximum atomic E-state index is 11.4. The van der Waals surface area contributed by atoms with Crippen molar-refractivity contribution in [3.8, 4) is 0 Å². The topological polar surface area (TPSA) is 40.5 Å². The van der Waals surface area contributed by atoms with E-state index in [0.29, 0.717) is 5.56 Å². The summed E-state index contributed by atoms with van der Waals surface area (Å²) in [5.41, 5.74) is 1.46. The number of carbonyl (C=O) groups is 1. The number of nitrogens with zero attached hydrogens (tertiary/aromatic N) is 1. The zero-order chi connectivity index (χ0) is 9.84. The molecule has 0 aliphatic heterocycles. The van der Waals surface area contributed by atoms with Gasteiger partial charge in [0.1, 0.15) is 0 Å². The van der Waals surface area contributed by atoms with Crippen molar-refractivity contribution in [2.75, 3.05) is 14.1 Å². The summed E-state index contributed by atoms with van der Waals surface area (Å²) in [6.07, 6.45) is 0. The highest BCUT2D eigenvalue weighted by molar-refractivity contribution is 6.45. The number of amides is 1. The fraction of sp³-hybridized carbons (Fsp3) is 0.222. The highest BCUT2D eigenvalue weighted by Crippen LogP contribution is 1.99. The molecule has 0 saturated heterocycles. The van der Waals surface area contributed by atoms with Crippen LogP contribution in [0.3, 0.4) is 0 Å². The summed E-state index contributed by atoms with van der Waals surface area (Å²) in [5.74, 6) is -0.0236. The third-order valence-electron chi connectivity index (χ3n) is 1.79. The average Bonchev–Trinajstić information content (AvgIpc) is 2.17. The van der Waals surface area contributed by atoms with E-state index in [0.717, 1.165) is 5.46 Å². The van der Waals surface area contributed by atoms with Gasteiger partial charge in [-0.25, -0.2) is 0 Å². The minimum absolute atomic E-state index is 0.0104. The van der Waals surface area contributed by atoms with Crippen molar-refractivity contribution in [2.24, 2.45) is 0 Å². The van der Waals surface area contributed by atoms with E-state index in [1.807, 2.05) is 0 Å². The summed E-state index contributed by atoms with van der Waals surface area (Å²) in [5, 5.41) is 8.78. The molecule has 4 heteroatoms. The summed E-state index contributed by atoms with van der Waals surface area (Å²) in [7, 11) is 3.43. The van der Waals surface area contributed by atoms with E-state index < -0.39 is 0 Å². The number of carbonyl (C=O) groups excluding carboxylic acids is 1. The summed E-state index contributed by atoms with van der Waals surface area (Å²) in [4.78, 5) is 12.9. The van der Waals surface area contributed by atoms with Crippen molar-refractivity contribution in [1.29, 1.82) is 0 Å². The van der Waals surface area contributed by atoms with Crippen LogP contribution in [0.4, 0.5) is 0 Å². The largest absolute Gasteiger partial charge is 0.449 e. The molecule has 1 aromatic carbocycles. The molecule has 0 atom stereocenters. The Labute approximate surface area is 78.3 Å². The van der Waals surface area contributed by atoms with Crippen LogP contribution in [-0.2, 0) is 0 Å². The van der Waals surface area contributed by atoms with Gasteiger partial charge >= 0.3 is 7.48 Å². The highest BCUT2D eigenvalue weighted by Gasteiger charge is 2.06. The predicted octanol–water partition coefficient (Wildman–Crippen LogP) is -0.643. The molecule has 1 rings (SSSR count). The van der Waals surface area contributed by atoms with Crippen molar-refractivity contribution in [1.82, 2.24) is 4.90 Å². The van der Waals surface area contributed by atoms with Crippen LogP contribution in [0.5, 0.6) is 0 Å². The normalized spacial score (nSPS) is 9.46. The molecule has 0 spiro atoms.